The fourth-order valence-electron chi connectivity index (χ4n) is 1.43. The first-order valence-corrected chi connectivity index (χ1v) is 5.46. The third-order valence-corrected chi connectivity index (χ3v) is 2.35. The molecule has 0 saturated carbocycles. The molecular weight excluding hydrogens is 260 g/mol. The molecule has 0 aliphatic carbocycles. The van der Waals surface area contributed by atoms with E-state index in [9.17, 15) is 18.4 Å². The van der Waals surface area contributed by atoms with Gasteiger partial charge in [0.05, 0.1) is 11.1 Å². The molecule has 0 aliphatic heterocycles. The minimum Gasteiger partial charge on any atom is -0.478 e. The number of amides is 1. The molecule has 0 radical (unpaired) electrons. The van der Waals surface area contributed by atoms with Crippen LogP contribution >= 0.6 is 0 Å². The first-order chi connectivity index (χ1) is 8.97. The Bertz CT molecular complexity index is 491. The van der Waals surface area contributed by atoms with E-state index in [2.05, 4.69) is 5.32 Å². The molecule has 1 rings (SSSR count). The number of ether oxygens (including phenoxy) is 1. The highest BCUT2D eigenvalue weighted by atomic mass is 19.2. The maximum absolute atomic E-state index is 13.1. The van der Waals surface area contributed by atoms with E-state index >= 15 is 0 Å². The molecular formula is C12H13F2NO4. The van der Waals surface area contributed by atoms with Crippen LogP contribution in [0.25, 0.3) is 0 Å². The van der Waals surface area contributed by atoms with Crippen LogP contribution in [0, 0.1) is 11.6 Å². The van der Waals surface area contributed by atoms with E-state index in [0.29, 0.717) is 25.2 Å². The van der Waals surface area contributed by atoms with Gasteiger partial charge < -0.3 is 15.2 Å². The number of methoxy groups -OCH3 is 1. The Morgan fingerprint density at radius 2 is 1.84 bits per heavy atom. The first-order valence-electron chi connectivity index (χ1n) is 5.46. The lowest BCUT2D eigenvalue weighted by Crippen LogP contribution is -2.27. The van der Waals surface area contributed by atoms with E-state index in [4.69, 9.17) is 9.84 Å². The van der Waals surface area contributed by atoms with Crippen molar-refractivity contribution in [2.45, 2.75) is 6.42 Å². The number of benzene rings is 1. The van der Waals surface area contributed by atoms with Crippen molar-refractivity contribution >= 4 is 11.9 Å². The normalized spacial score (nSPS) is 10.3. The minimum atomic E-state index is -1.50. The summed E-state index contributed by atoms with van der Waals surface area (Å²) in [5.41, 5.74) is -0.994. The van der Waals surface area contributed by atoms with Crippen LogP contribution in [-0.4, -0.2) is 37.2 Å². The third-order valence-electron chi connectivity index (χ3n) is 2.35. The summed E-state index contributed by atoms with van der Waals surface area (Å²) in [6.07, 6.45) is 0.522. The molecule has 0 atom stereocenters. The molecule has 0 fully saturated rings. The first kappa shape index (κ1) is 15.0. The summed E-state index contributed by atoms with van der Waals surface area (Å²) in [5, 5.41) is 11.3. The smallest absolute Gasteiger partial charge is 0.336 e. The topological polar surface area (TPSA) is 75.6 Å². The fourth-order valence-corrected chi connectivity index (χ4v) is 1.43. The van der Waals surface area contributed by atoms with Crippen molar-refractivity contribution in [2.24, 2.45) is 0 Å². The molecule has 1 aromatic carbocycles. The van der Waals surface area contributed by atoms with Gasteiger partial charge in [0.25, 0.3) is 5.91 Å². The summed E-state index contributed by atoms with van der Waals surface area (Å²) in [7, 11) is 1.50. The Hall–Kier alpha value is -2.02. The molecule has 0 aliphatic rings. The van der Waals surface area contributed by atoms with Gasteiger partial charge >= 0.3 is 5.97 Å². The van der Waals surface area contributed by atoms with Gasteiger partial charge in [-0.15, -0.1) is 0 Å². The van der Waals surface area contributed by atoms with Gasteiger partial charge in [-0.25, -0.2) is 13.6 Å². The molecule has 1 aromatic rings. The van der Waals surface area contributed by atoms with E-state index < -0.39 is 34.6 Å². The van der Waals surface area contributed by atoms with Crippen LogP contribution in [0.2, 0.25) is 0 Å². The molecule has 7 heteroatoms. The van der Waals surface area contributed by atoms with Crippen molar-refractivity contribution in [2.75, 3.05) is 20.3 Å². The molecule has 0 unspecified atom stereocenters. The summed E-state index contributed by atoms with van der Waals surface area (Å²) in [6, 6.07) is 1.06. The summed E-state index contributed by atoms with van der Waals surface area (Å²) in [4.78, 5) is 22.6. The molecule has 0 aromatic heterocycles. The molecule has 5 nitrogen and oxygen atoms in total. The number of carboxylic acid groups (broad SMARTS) is 1. The van der Waals surface area contributed by atoms with Crippen LogP contribution < -0.4 is 5.32 Å². The van der Waals surface area contributed by atoms with E-state index in [1.165, 1.54) is 7.11 Å². The Balaban J connectivity index is 2.89. The fraction of sp³-hybridized carbons (Fsp3) is 0.333. The molecule has 2 N–H and O–H groups in total. The number of halogens is 2. The van der Waals surface area contributed by atoms with Crippen molar-refractivity contribution in [3.05, 3.63) is 34.9 Å². The predicted octanol–water partition coefficient (Wildman–Crippen LogP) is 1.43. The number of aromatic carboxylic acids is 1. The van der Waals surface area contributed by atoms with Crippen LogP contribution in [0.3, 0.4) is 0 Å². The van der Waals surface area contributed by atoms with E-state index in [0.717, 1.165) is 0 Å². The van der Waals surface area contributed by atoms with Gasteiger partial charge in [0, 0.05) is 20.3 Å². The van der Waals surface area contributed by atoms with Crippen LogP contribution in [0.4, 0.5) is 8.78 Å². The number of carbonyl (C=O) groups excluding carboxylic acids is 1. The van der Waals surface area contributed by atoms with Crippen LogP contribution in [0.5, 0.6) is 0 Å². The van der Waals surface area contributed by atoms with Gasteiger partial charge in [-0.2, -0.15) is 0 Å². The molecule has 19 heavy (non-hydrogen) atoms. The SMILES string of the molecule is COCCCNC(=O)c1cc(F)c(F)cc1C(=O)O. The number of carbonyl (C=O) groups is 2. The zero-order valence-corrected chi connectivity index (χ0v) is 10.2. The Kier molecular flexibility index (Phi) is 5.37. The van der Waals surface area contributed by atoms with E-state index in [1.54, 1.807) is 0 Å². The number of hydrogen-bond donors (Lipinski definition) is 2. The Morgan fingerprint density at radius 3 is 2.37 bits per heavy atom. The van der Waals surface area contributed by atoms with Crippen molar-refractivity contribution in [3.63, 3.8) is 0 Å². The zero-order valence-electron chi connectivity index (χ0n) is 10.2. The van der Waals surface area contributed by atoms with E-state index in [-0.39, 0.29) is 6.54 Å². The standard InChI is InChI=1S/C12H13F2NO4/c1-19-4-2-3-15-11(16)7-5-9(13)10(14)6-8(7)12(17)18/h5-6H,2-4H2,1H3,(H,15,16)(H,17,18). The average molecular weight is 273 g/mol. The number of nitrogens with one attached hydrogen (secondary N) is 1. The maximum atomic E-state index is 13.1. The molecule has 0 saturated heterocycles. The minimum absolute atomic E-state index is 0.241. The maximum Gasteiger partial charge on any atom is 0.336 e. The van der Waals surface area contributed by atoms with E-state index in [1.807, 2.05) is 0 Å². The number of hydrogen-bond acceptors (Lipinski definition) is 3. The highest BCUT2D eigenvalue weighted by Gasteiger charge is 2.20. The van der Waals surface area contributed by atoms with Gasteiger partial charge in [-0.1, -0.05) is 0 Å². The van der Waals surface area contributed by atoms with Crippen LogP contribution in [0.15, 0.2) is 12.1 Å². The van der Waals surface area contributed by atoms with Gasteiger partial charge in [0.1, 0.15) is 0 Å². The molecule has 104 valence electrons. The zero-order chi connectivity index (χ0) is 14.4. The average Bonchev–Trinajstić information content (AvgIpc) is 2.36. The van der Waals surface area contributed by atoms with Crippen molar-refractivity contribution in [1.82, 2.24) is 5.32 Å². The van der Waals surface area contributed by atoms with Crippen molar-refractivity contribution < 1.29 is 28.2 Å². The second-order valence-electron chi connectivity index (χ2n) is 3.72. The largest absolute Gasteiger partial charge is 0.478 e. The summed E-state index contributed by atoms with van der Waals surface area (Å²) < 4.78 is 30.8. The van der Waals surface area contributed by atoms with Gasteiger partial charge in [-0.05, 0) is 18.6 Å². The van der Waals surface area contributed by atoms with Crippen LogP contribution in [-0.2, 0) is 4.74 Å². The lowest BCUT2D eigenvalue weighted by atomic mass is 10.1. The van der Waals surface area contributed by atoms with Gasteiger partial charge in [0.2, 0.25) is 0 Å². The third kappa shape index (κ3) is 3.99. The quantitative estimate of drug-likeness (QED) is 0.769. The van der Waals surface area contributed by atoms with Crippen molar-refractivity contribution in [3.8, 4) is 0 Å². The van der Waals surface area contributed by atoms with Crippen molar-refractivity contribution in [1.29, 1.82) is 0 Å². The molecule has 0 bridgehead atoms. The second kappa shape index (κ2) is 6.79. The lowest BCUT2D eigenvalue weighted by Gasteiger charge is -2.08. The molecule has 1 amide bonds. The van der Waals surface area contributed by atoms with Crippen LogP contribution in [0.1, 0.15) is 27.1 Å². The lowest BCUT2D eigenvalue weighted by molar-refractivity contribution is 0.0690. The number of carboxylic acids is 1. The Morgan fingerprint density at radius 1 is 1.26 bits per heavy atom. The highest BCUT2D eigenvalue weighted by Crippen LogP contribution is 2.15. The molecule has 0 spiro atoms. The monoisotopic (exact) mass is 273 g/mol. The van der Waals surface area contributed by atoms with Gasteiger partial charge in [-0.3, -0.25) is 4.79 Å². The summed E-state index contributed by atoms with van der Waals surface area (Å²) >= 11 is 0. The number of rotatable bonds is 6. The predicted molar refractivity (Wildman–Crippen MR) is 62.1 cm³/mol. The Labute approximate surface area is 108 Å². The highest BCUT2D eigenvalue weighted by molar-refractivity contribution is 6.04. The summed E-state index contributed by atoms with van der Waals surface area (Å²) in [5.74, 6) is -4.85. The summed E-state index contributed by atoms with van der Waals surface area (Å²) in [6.45, 7) is 0.661. The van der Waals surface area contributed by atoms with Gasteiger partial charge in [0.15, 0.2) is 11.6 Å². The molecule has 0 heterocycles. The second-order valence-corrected chi connectivity index (χ2v) is 3.72.